The minimum atomic E-state index is -1.25. The third-order valence-corrected chi connectivity index (χ3v) is 6.23. The highest BCUT2D eigenvalue weighted by Crippen LogP contribution is 2.34. The quantitative estimate of drug-likeness (QED) is 0.709. The van der Waals surface area contributed by atoms with Gasteiger partial charge in [-0.2, -0.15) is 0 Å². The molecule has 3 amide bonds. The van der Waals surface area contributed by atoms with E-state index in [9.17, 15) is 14.4 Å². The summed E-state index contributed by atoms with van der Waals surface area (Å²) < 4.78 is 36.4. The van der Waals surface area contributed by atoms with Crippen LogP contribution in [0.4, 0.5) is 0 Å². The molecule has 34 heavy (non-hydrogen) atoms. The van der Waals surface area contributed by atoms with Crippen LogP contribution in [0.3, 0.4) is 0 Å². The first kappa shape index (κ1) is 18.7. The molecule has 2 aromatic rings. The highest BCUT2D eigenvalue weighted by Gasteiger charge is 2.39. The average molecular weight is 465 g/mol. The van der Waals surface area contributed by atoms with Crippen LogP contribution in [0.25, 0.3) is 0 Å². The van der Waals surface area contributed by atoms with Gasteiger partial charge in [-0.15, -0.1) is 0 Å². The molecule has 8 heteroatoms. The van der Waals surface area contributed by atoms with Gasteiger partial charge in [0.05, 0.1) is 17.3 Å². The topological polar surface area (TPSA) is 88.2 Å². The first-order valence-corrected chi connectivity index (χ1v) is 11.2. The van der Waals surface area contributed by atoms with Crippen LogP contribution in [0.1, 0.15) is 44.0 Å². The molecule has 3 heterocycles. The van der Waals surface area contributed by atoms with Gasteiger partial charge in [-0.3, -0.25) is 14.4 Å². The Balaban J connectivity index is 1.33. The summed E-state index contributed by atoms with van der Waals surface area (Å²) in [4.78, 5) is 40.7. The Morgan fingerprint density at radius 3 is 2.79 bits per heavy atom. The predicted molar refractivity (Wildman–Crippen MR) is 124 cm³/mol. The molecule has 0 radical (unpaired) electrons. The fourth-order valence-corrected chi connectivity index (χ4v) is 4.37. The SMILES string of the molecule is [2H]c1cc(C([2H])Oc2cccc3c2CN(C2CCC(=C)NC2=O)C3=O)cc([2H])c1CN1CCOCC1=O. The Labute approximate surface area is 202 Å². The minimum absolute atomic E-state index is 0.0105. The van der Waals surface area contributed by atoms with Crippen molar-refractivity contribution in [3.8, 4) is 5.75 Å². The standard InChI is InChI=1S/C26H27N3O5/c1-17-5-10-22(25(31)27-17)29-14-21-20(26(29)32)3-2-4-23(21)34-15-19-8-6-18(7-9-19)13-28-11-12-33-16-24(28)30/h2-4,6-9,22H,1,5,10-16H2,(H,27,31)/i6D,7D,15D. The van der Waals surface area contributed by atoms with E-state index >= 15 is 0 Å². The third-order valence-electron chi connectivity index (χ3n) is 6.23. The van der Waals surface area contributed by atoms with Crippen LogP contribution in [0.2, 0.25) is 0 Å². The lowest BCUT2D eigenvalue weighted by Gasteiger charge is -2.31. The zero-order valence-electron chi connectivity index (χ0n) is 21.6. The molecule has 2 aromatic carbocycles. The number of carbonyl (C=O) groups is 3. The van der Waals surface area contributed by atoms with Gasteiger partial charge in [-0.05, 0) is 36.1 Å². The molecular weight excluding hydrogens is 434 g/mol. The van der Waals surface area contributed by atoms with Crippen LogP contribution < -0.4 is 10.1 Å². The molecule has 2 atom stereocenters. The maximum atomic E-state index is 13.1. The molecule has 0 bridgehead atoms. The summed E-state index contributed by atoms with van der Waals surface area (Å²) in [6.07, 6.45) is 1.08. The van der Waals surface area contributed by atoms with Gasteiger partial charge >= 0.3 is 0 Å². The molecular formula is C26H27N3O5. The Bertz CT molecular complexity index is 1280. The molecule has 0 spiro atoms. The van der Waals surface area contributed by atoms with E-state index in [0.29, 0.717) is 59.7 Å². The summed E-state index contributed by atoms with van der Waals surface area (Å²) >= 11 is 0. The second kappa shape index (κ2) is 9.30. The van der Waals surface area contributed by atoms with E-state index < -0.39 is 12.6 Å². The third kappa shape index (κ3) is 4.41. The number of fused-ring (bicyclic) bond motifs is 1. The Kier molecular flexibility index (Phi) is 5.13. The number of nitrogens with one attached hydrogen (secondary N) is 1. The number of rotatable bonds is 6. The van der Waals surface area contributed by atoms with Gasteiger partial charge in [0.1, 0.15) is 25.0 Å². The van der Waals surface area contributed by atoms with Gasteiger partial charge in [0.15, 0.2) is 0 Å². The fraction of sp³-hybridized carbons (Fsp3) is 0.346. The summed E-state index contributed by atoms with van der Waals surface area (Å²) in [5, 5.41) is 2.71. The van der Waals surface area contributed by atoms with Gasteiger partial charge in [0.25, 0.3) is 5.91 Å². The number of hydrogen-bond donors (Lipinski definition) is 1. The molecule has 176 valence electrons. The molecule has 0 saturated carbocycles. The summed E-state index contributed by atoms with van der Waals surface area (Å²) in [6.45, 7) is 3.66. The highest BCUT2D eigenvalue weighted by atomic mass is 16.5. The number of hydrogen-bond acceptors (Lipinski definition) is 5. The maximum absolute atomic E-state index is 13.1. The molecule has 8 nitrogen and oxygen atoms in total. The summed E-state index contributed by atoms with van der Waals surface area (Å²) in [5.41, 5.74) is 2.37. The van der Waals surface area contributed by atoms with E-state index in [1.54, 1.807) is 23.1 Å². The van der Waals surface area contributed by atoms with E-state index in [0.717, 1.165) is 0 Å². The molecule has 0 aliphatic carbocycles. The molecule has 3 aliphatic rings. The van der Waals surface area contributed by atoms with Crippen LogP contribution in [-0.2, 0) is 34.0 Å². The van der Waals surface area contributed by atoms with Crippen molar-refractivity contribution < 1.29 is 28.0 Å². The van der Waals surface area contributed by atoms with E-state index in [-0.39, 0.29) is 49.5 Å². The fourth-order valence-electron chi connectivity index (χ4n) is 4.37. The van der Waals surface area contributed by atoms with Crippen molar-refractivity contribution in [1.29, 1.82) is 0 Å². The summed E-state index contributed by atoms with van der Waals surface area (Å²) in [7, 11) is 0. The van der Waals surface area contributed by atoms with E-state index in [4.69, 9.17) is 13.6 Å². The smallest absolute Gasteiger partial charge is 0.255 e. The Morgan fingerprint density at radius 1 is 1.21 bits per heavy atom. The lowest BCUT2D eigenvalue weighted by Crippen LogP contribution is -2.49. The molecule has 0 aromatic heterocycles. The number of allylic oxidation sites excluding steroid dienone is 1. The van der Waals surface area contributed by atoms with Crippen molar-refractivity contribution in [2.75, 3.05) is 19.8 Å². The largest absolute Gasteiger partial charge is 0.489 e. The number of morpholine rings is 1. The van der Waals surface area contributed by atoms with Crippen molar-refractivity contribution in [3.63, 3.8) is 0 Å². The first-order chi connectivity index (χ1) is 17.7. The van der Waals surface area contributed by atoms with Crippen LogP contribution in [0.15, 0.2) is 54.7 Å². The van der Waals surface area contributed by atoms with Gasteiger partial charge in [0, 0.05) is 29.9 Å². The van der Waals surface area contributed by atoms with Crippen molar-refractivity contribution >= 4 is 17.7 Å². The number of carbonyl (C=O) groups excluding carboxylic acids is 3. The maximum Gasteiger partial charge on any atom is 0.255 e. The summed E-state index contributed by atoms with van der Waals surface area (Å²) in [6, 6.07) is 7.44. The molecule has 2 unspecified atom stereocenters. The monoisotopic (exact) mass is 464 g/mol. The number of nitrogens with zero attached hydrogens (tertiary/aromatic N) is 2. The molecule has 5 rings (SSSR count). The number of ether oxygens (including phenoxy) is 2. The van der Waals surface area contributed by atoms with Crippen molar-refractivity contribution in [2.45, 2.75) is 38.6 Å². The van der Waals surface area contributed by atoms with Crippen molar-refractivity contribution in [1.82, 2.24) is 15.1 Å². The first-order valence-electron chi connectivity index (χ1n) is 12.8. The van der Waals surface area contributed by atoms with Crippen LogP contribution in [0.5, 0.6) is 5.75 Å². The van der Waals surface area contributed by atoms with Crippen LogP contribution >= 0.6 is 0 Å². The number of benzene rings is 2. The average Bonchev–Trinajstić information content (AvgIpc) is 3.19. The molecule has 2 fully saturated rings. The molecule has 3 aliphatic heterocycles. The Hall–Kier alpha value is -3.65. The molecule has 2 saturated heterocycles. The number of piperidine rings is 1. The molecule has 1 N–H and O–H groups in total. The zero-order valence-corrected chi connectivity index (χ0v) is 18.6. The highest BCUT2D eigenvalue weighted by molar-refractivity contribution is 6.02. The van der Waals surface area contributed by atoms with Crippen LogP contribution in [0, 0.1) is 0 Å². The van der Waals surface area contributed by atoms with Gasteiger partial charge < -0.3 is 24.6 Å². The van der Waals surface area contributed by atoms with Gasteiger partial charge in [-0.1, -0.05) is 36.9 Å². The summed E-state index contributed by atoms with van der Waals surface area (Å²) in [5.74, 6) is -0.371. The lowest BCUT2D eigenvalue weighted by atomic mass is 10.0. The second-order valence-electron chi connectivity index (χ2n) is 8.52. The van der Waals surface area contributed by atoms with Crippen molar-refractivity contribution in [2.24, 2.45) is 0 Å². The van der Waals surface area contributed by atoms with E-state index in [1.807, 2.05) is 0 Å². The zero-order chi connectivity index (χ0) is 26.3. The lowest BCUT2D eigenvalue weighted by molar-refractivity contribution is -0.143. The predicted octanol–water partition coefficient (Wildman–Crippen LogP) is 2.37. The minimum Gasteiger partial charge on any atom is -0.489 e. The van der Waals surface area contributed by atoms with E-state index in [1.165, 1.54) is 17.0 Å². The van der Waals surface area contributed by atoms with Gasteiger partial charge in [0.2, 0.25) is 11.8 Å². The number of amides is 3. The van der Waals surface area contributed by atoms with Crippen molar-refractivity contribution in [3.05, 3.63) is 76.9 Å². The van der Waals surface area contributed by atoms with Crippen LogP contribution in [-0.4, -0.2) is 53.3 Å². The van der Waals surface area contributed by atoms with E-state index in [2.05, 4.69) is 11.9 Å². The normalized spacial score (nSPS) is 22.6. The Morgan fingerprint density at radius 2 is 2.03 bits per heavy atom. The van der Waals surface area contributed by atoms with Gasteiger partial charge in [-0.25, -0.2) is 0 Å². The second-order valence-corrected chi connectivity index (χ2v) is 8.52.